The fourth-order valence-electron chi connectivity index (χ4n) is 1.67. The van der Waals surface area contributed by atoms with E-state index in [9.17, 15) is 4.79 Å². The highest BCUT2D eigenvalue weighted by Gasteiger charge is 2.04. The van der Waals surface area contributed by atoms with Gasteiger partial charge in [-0.1, -0.05) is 12.1 Å². The molecule has 1 aromatic heterocycles. The van der Waals surface area contributed by atoms with Crippen LogP contribution in [0.15, 0.2) is 47.1 Å². The van der Waals surface area contributed by atoms with E-state index in [0.29, 0.717) is 5.82 Å². The van der Waals surface area contributed by atoms with E-state index < -0.39 is 0 Å². The Morgan fingerprint density at radius 3 is 2.57 bits per heavy atom. The molecule has 6 heteroatoms. The predicted molar refractivity (Wildman–Crippen MR) is 89.0 cm³/mol. The van der Waals surface area contributed by atoms with E-state index in [1.54, 1.807) is 12.3 Å². The third-order valence-electron chi connectivity index (χ3n) is 2.58. The SMILES string of the molecule is CC(C)NC(=O)Nc1ccc(Nc2ccccc2Br)cn1. The van der Waals surface area contributed by atoms with Crippen LogP contribution in [0.25, 0.3) is 0 Å². The fraction of sp³-hybridized carbons (Fsp3) is 0.200. The molecule has 0 aliphatic rings. The summed E-state index contributed by atoms with van der Waals surface area (Å²) < 4.78 is 0.975. The average molecular weight is 349 g/mol. The molecule has 2 aromatic rings. The predicted octanol–water partition coefficient (Wildman–Crippen LogP) is 4.12. The average Bonchev–Trinajstić information content (AvgIpc) is 2.42. The Morgan fingerprint density at radius 2 is 1.95 bits per heavy atom. The normalized spacial score (nSPS) is 10.3. The Balaban J connectivity index is 1.99. The number of hydrogen-bond acceptors (Lipinski definition) is 3. The zero-order valence-electron chi connectivity index (χ0n) is 11.9. The second kappa shape index (κ2) is 7.08. The van der Waals surface area contributed by atoms with Crippen LogP contribution in [0.4, 0.5) is 22.0 Å². The van der Waals surface area contributed by atoms with Crippen molar-refractivity contribution in [3.05, 3.63) is 47.1 Å². The van der Waals surface area contributed by atoms with Gasteiger partial charge < -0.3 is 10.6 Å². The molecular formula is C15H17BrN4O. The lowest BCUT2D eigenvalue weighted by atomic mass is 10.3. The molecule has 2 rings (SSSR count). The number of pyridine rings is 1. The van der Waals surface area contributed by atoms with Crippen molar-refractivity contribution in [2.75, 3.05) is 10.6 Å². The quantitative estimate of drug-likeness (QED) is 0.778. The zero-order chi connectivity index (χ0) is 15.2. The van der Waals surface area contributed by atoms with Crippen LogP contribution in [0.3, 0.4) is 0 Å². The molecule has 0 saturated heterocycles. The first-order valence-electron chi connectivity index (χ1n) is 6.59. The van der Waals surface area contributed by atoms with Crippen LogP contribution in [0.1, 0.15) is 13.8 Å². The molecular weight excluding hydrogens is 332 g/mol. The number of benzene rings is 1. The number of carbonyl (C=O) groups excluding carboxylic acids is 1. The first kappa shape index (κ1) is 15.3. The van der Waals surface area contributed by atoms with Gasteiger partial charge in [0, 0.05) is 10.5 Å². The highest BCUT2D eigenvalue weighted by atomic mass is 79.9. The minimum atomic E-state index is -0.260. The summed E-state index contributed by atoms with van der Waals surface area (Å²) in [4.78, 5) is 15.8. The van der Waals surface area contributed by atoms with Crippen molar-refractivity contribution in [2.45, 2.75) is 19.9 Å². The van der Waals surface area contributed by atoms with Crippen molar-refractivity contribution in [1.29, 1.82) is 0 Å². The maximum absolute atomic E-state index is 11.6. The third-order valence-corrected chi connectivity index (χ3v) is 3.27. The highest BCUT2D eigenvalue weighted by Crippen LogP contribution is 2.25. The van der Waals surface area contributed by atoms with Crippen molar-refractivity contribution < 1.29 is 4.79 Å². The zero-order valence-corrected chi connectivity index (χ0v) is 13.4. The van der Waals surface area contributed by atoms with Gasteiger partial charge in [0.2, 0.25) is 0 Å². The number of rotatable bonds is 4. The maximum Gasteiger partial charge on any atom is 0.320 e. The molecule has 3 N–H and O–H groups in total. The maximum atomic E-state index is 11.6. The lowest BCUT2D eigenvalue weighted by Gasteiger charge is -2.11. The minimum absolute atomic E-state index is 0.0846. The molecule has 110 valence electrons. The summed E-state index contributed by atoms with van der Waals surface area (Å²) in [5.74, 6) is 0.505. The van der Waals surface area contributed by atoms with Crippen molar-refractivity contribution in [3.63, 3.8) is 0 Å². The smallest absolute Gasteiger partial charge is 0.320 e. The number of anilines is 3. The monoisotopic (exact) mass is 348 g/mol. The van der Waals surface area contributed by atoms with Crippen LogP contribution in [-0.2, 0) is 0 Å². The Hall–Kier alpha value is -2.08. The molecule has 0 spiro atoms. The van der Waals surface area contributed by atoms with Crippen LogP contribution in [0.5, 0.6) is 0 Å². The molecule has 0 fully saturated rings. The minimum Gasteiger partial charge on any atom is -0.353 e. The number of nitrogens with one attached hydrogen (secondary N) is 3. The number of para-hydroxylation sites is 1. The van der Waals surface area contributed by atoms with Crippen molar-refractivity contribution in [3.8, 4) is 0 Å². The first-order chi connectivity index (χ1) is 10.0. The second-order valence-corrected chi connectivity index (χ2v) is 5.64. The van der Waals surface area contributed by atoms with Gasteiger partial charge in [-0.15, -0.1) is 0 Å². The molecule has 0 aliphatic heterocycles. The number of amides is 2. The van der Waals surface area contributed by atoms with Gasteiger partial charge in [-0.25, -0.2) is 9.78 Å². The van der Waals surface area contributed by atoms with Gasteiger partial charge in [-0.2, -0.15) is 0 Å². The van der Waals surface area contributed by atoms with Gasteiger partial charge in [0.05, 0.1) is 17.6 Å². The molecule has 1 aromatic carbocycles. The first-order valence-corrected chi connectivity index (χ1v) is 7.39. The fourth-order valence-corrected chi connectivity index (χ4v) is 2.06. The number of hydrogen-bond donors (Lipinski definition) is 3. The summed E-state index contributed by atoms with van der Waals surface area (Å²) in [6.07, 6.45) is 1.67. The Kier molecular flexibility index (Phi) is 5.16. The summed E-state index contributed by atoms with van der Waals surface area (Å²) in [6.45, 7) is 3.80. The van der Waals surface area contributed by atoms with Gasteiger partial charge >= 0.3 is 6.03 Å². The Bertz CT molecular complexity index is 613. The van der Waals surface area contributed by atoms with E-state index in [1.165, 1.54) is 0 Å². The Morgan fingerprint density at radius 1 is 1.19 bits per heavy atom. The van der Waals surface area contributed by atoms with E-state index in [0.717, 1.165) is 15.8 Å². The van der Waals surface area contributed by atoms with E-state index in [-0.39, 0.29) is 12.1 Å². The van der Waals surface area contributed by atoms with Gasteiger partial charge in [-0.3, -0.25) is 5.32 Å². The van der Waals surface area contributed by atoms with E-state index in [2.05, 4.69) is 36.9 Å². The van der Waals surface area contributed by atoms with Crippen molar-refractivity contribution in [1.82, 2.24) is 10.3 Å². The summed E-state index contributed by atoms with van der Waals surface area (Å²) in [6, 6.07) is 11.3. The van der Waals surface area contributed by atoms with Gasteiger partial charge in [0.1, 0.15) is 5.82 Å². The van der Waals surface area contributed by atoms with Gasteiger partial charge in [0.15, 0.2) is 0 Å². The molecule has 1 heterocycles. The van der Waals surface area contributed by atoms with Gasteiger partial charge in [-0.05, 0) is 54.0 Å². The van der Waals surface area contributed by atoms with E-state index in [4.69, 9.17) is 0 Å². The highest BCUT2D eigenvalue weighted by molar-refractivity contribution is 9.10. The summed E-state index contributed by atoms with van der Waals surface area (Å²) >= 11 is 3.48. The summed E-state index contributed by atoms with van der Waals surface area (Å²) in [5, 5.41) is 8.67. The summed E-state index contributed by atoms with van der Waals surface area (Å²) in [7, 11) is 0. The van der Waals surface area contributed by atoms with Crippen molar-refractivity contribution in [2.24, 2.45) is 0 Å². The molecule has 5 nitrogen and oxygen atoms in total. The molecule has 0 unspecified atom stereocenters. The van der Waals surface area contributed by atoms with E-state index in [1.807, 2.05) is 44.2 Å². The molecule has 0 radical (unpaired) electrons. The van der Waals surface area contributed by atoms with E-state index >= 15 is 0 Å². The van der Waals surface area contributed by atoms with Crippen LogP contribution >= 0.6 is 15.9 Å². The number of halogens is 1. The molecule has 0 aliphatic carbocycles. The van der Waals surface area contributed by atoms with Crippen LogP contribution in [-0.4, -0.2) is 17.1 Å². The standard InChI is InChI=1S/C15H17BrN4O/c1-10(2)18-15(21)20-14-8-7-11(9-17-14)19-13-6-4-3-5-12(13)16/h3-10,19H,1-2H3,(H2,17,18,20,21). The molecule has 2 amide bonds. The second-order valence-electron chi connectivity index (χ2n) is 4.79. The van der Waals surface area contributed by atoms with Crippen molar-refractivity contribution >= 4 is 39.2 Å². The topological polar surface area (TPSA) is 66.1 Å². The molecule has 0 saturated carbocycles. The lowest BCUT2D eigenvalue weighted by Crippen LogP contribution is -2.34. The van der Waals surface area contributed by atoms with Crippen LogP contribution in [0, 0.1) is 0 Å². The number of urea groups is 1. The number of carbonyl (C=O) groups is 1. The van der Waals surface area contributed by atoms with Gasteiger partial charge in [0.25, 0.3) is 0 Å². The largest absolute Gasteiger partial charge is 0.353 e. The molecule has 0 bridgehead atoms. The lowest BCUT2D eigenvalue weighted by molar-refractivity contribution is 0.250. The Labute approximate surface area is 132 Å². The van der Waals surface area contributed by atoms with Crippen LogP contribution in [0.2, 0.25) is 0 Å². The number of nitrogens with zero attached hydrogens (tertiary/aromatic N) is 1. The molecule has 21 heavy (non-hydrogen) atoms. The van der Waals surface area contributed by atoms with Crippen LogP contribution < -0.4 is 16.0 Å². The summed E-state index contributed by atoms with van der Waals surface area (Å²) in [5.41, 5.74) is 1.80. The number of aromatic nitrogens is 1. The molecule has 0 atom stereocenters. The third kappa shape index (κ3) is 4.75.